The first-order chi connectivity index (χ1) is 25.5. The topological polar surface area (TPSA) is 136 Å². The second kappa shape index (κ2) is 18.1. The molecule has 276 valence electrons. The maximum atomic E-state index is 14.0. The van der Waals surface area contributed by atoms with Crippen LogP contribution < -0.4 is 15.8 Å². The average molecular weight is 715 g/mol. The largest absolute Gasteiger partial charge is 0.489 e. The Morgan fingerprint density at radius 1 is 1.00 bits per heavy atom. The van der Waals surface area contributed by atoms with Crippen LogP contribution in [0.2, 0.25) is 0 Å². The minimum Gasteiger partial charge on any atom is -0.489 e. The molecule has 1 aliphatic heterocycles. The van der Waals surface area contributed by atoms with E-state index in [4.69, 9.17) is 10.5 Å². The van der Waals surface area contributed by atoms with Gasteiger partial charge in [0.15, 0.2) is 0 Å². The molecule has 2 aromatic heterocycles. The standard InChI is InChI=1S/C29H28N4O3.C14H22N2O/c1-19-14-20(12-13-23(19)30)16-32-18-31-24-17-33(26(29(35)36)15-25(24)32)28(34)27(21-8-4-2-5-9-21)22-10-6-3-7-11-22;1-11(2)17-14-8-13(9-16-10-14)7-5-6-12(3)15-4/h2-14,18,26-27H,15-17,30H2,1H3,(H,35,36);5,7-12,15H,6H2,1-4H3/b;7-5+/t;12-/m.0/s1. The first kappa shape index (κ1) is 38.5. The predicted octanol–water partition coefficient (Wildman–Crippen LogP) is 6.87. The van der Waals surface area contributed by atoms with Crippen LogP contribution in [0.4, 0.5) is 5.69 Å². The molecule has 0 aliphatic carbocycles. The number of anilines is 1. The smallest absolute Gasteiger partial charge is 0.326 e. The summed E-state index contributed by atoms with van der Waals surface area (Å²) in [6.45, 7) is 8.84. The van der Waals surface area contributed by atoms with Crippen LogP contribution in [0.1, 0.15) is 72.3 Å². The number of nitrogen functional groups attached to an aromatic ring is 1. The molecule has 10 heteroatoms. The summed E-state index contributed by atoms with van der Waals surface area (Å²) < 4.78 is 7.57. The van der Waals surface area contributed by atoms with Gasteiger partial charge in [0.1, 0.15) is 11.8 Å². The second-order valence-electron chi connectivity index (χ2n) is 13.7. The number of pyridine rings is 1. The van der Waals surface area contributed by atoms with Crippen molar-refractivity contribution < 1.29 is 19.4 Å². The number of benzene rings is 3. The van der Waals surface area contributed by atoms with Crippen molar-refractivity contribution in [1.82, 2.24) is 24.8 Å². The van der Waals surface area contributed by atoms with Gasteiger partial charge in [-0.1, -0.05) is 84.9 Å². The van der Waals surface area contributed by atoms with Gasteiger partial charge in [-0.15, -0.1) is 0 Å². The molecule has 6 rings (SSSR count). The van der Waals surface area contributed by atoms with Gasteiger partial charge in [-0.2, -0.15) is 0 Å². The number of hydrogen-bond acceptors (Lipinski definition) is 7. The summed E-state index contributed by atoms with van der Waals surface area (Å²) in [5.41, 5.74) is 13.0. The van der Waals surface area contributed by atoms with E-state index in [0.717, 1.165) is 57.1 Å². The normalized spacial score (nSPS) is 14.5. The lowest BCUT2D eigenvalue weighted by molar-refractivity contribution is -0.151. The van der Waals surface area contributed by atoms with E-state index in [9.17, 15) is 14.7 Å². The van der Waals surface area contributed by atoms with E-state index in [-0.39, 0.29) is 25.0 Å². The highest BCUT2D eigenvalue weighted by Gasteiger charge is 2.40. The number of rotatable bonds is 12. The Morgan fingerprint density at radius 2 is 1.68 bits per heavy atom. The molecular weight excluding hydrogens is 665 g/mol. The van der Waals surface area contributed by atoms with E-state index in [1.165, 1.54) is 4.90 Å². The molecule has 1 unspecified atom stereocenters. The second-order valence-corrected chi connectivity index (χ2v) is 13.7. The van der Waals surface area contributed by atoms with E-state index >= 15 is 0 Å². The molecule has 2 atom stereocenters. The molecule has 0 bridgehead atoms. The zero-order valence-corrected chi connectivity index (χ0v) is 31.1. The number of hydrogen-bond donors (Lipinski definition) is 3. The van der Waals surface area contributed by atoms with Crippen LogP contribution in [0.25, 0.3) is 6.08 Å². The van der Waals surface area contributed by atoms with Crippen molar-refractivity contribution in [2.24, 2.45) is 0 Å². The number of carbonyl (C=O) groups excluding carboxylic acids is 1. The van der Waals surface area contributed by atoms with Gasteiger partial charge in [0, 0.05) is 36.6 Å². The Bertz CT molecular complexity index is 1950. The molecule has 3 aromatic carbocycles. The number of carboxylic acids is 1. The third kappa shape index (κ3) is 10.2. The van der Waals surface area contributed by atoms with E-state index < -0.39 is 17.9 Å². The molecule has 10 nitrogen and oxygen atoms in total. The van der Waals surface area contributed by atoms with Crippen molar-refractivity contribution in [1.29, 1.82) is 0 Å². The molecule has 3 heterocycles. The Morgan fingerprint density at radius 3 is 2.28 bits per heavy atom. The number of fused-ring (bicyclic) bond motifs is 1. The molecule has 1 amide bonds. The van der Waals surface area contributed by atoms with Gasteiger partial charge in [-0.25, -0.2) is 9.78 Å². The van der Waals surface area contributed by atoms with E-state index in [0.29, 0.717) is 12.6 Å². The molecular formula is C43H50N6O4. The molecule has 0 fully saturated rings. The number of carbonyl (C=O) groups is 2. The zero-order valence-electron chi connectivity index (χ0n) is 31.1. The number of amides is 1. The SMILES string of the molecule is CN[C@@H](C)C/C=C/c1cncc(OC(C)C)c1.Cc1cc(Cn2cnc3c2CC(C(=O)O)N(C(=O)C(c2ccccc2)c2ccccc2)C3)ccc1N. The zero-order chi connectivity index (χ0) is 37.9. The van der Waals surface area contributed by atoms with Gasteiger partial charge >= 0.3 is 5.97 Å². The first-order valence-corrected chi connectivity index (χ1v) is 18.0. The van der Waals surface area contributed by atoms with Crippen LogP contribution in [0, 0.1) is 6.92 Å². The molecule has 0 saturated carbocycles. The fourth-order valence-corrected chi connectivity index (χ4v) is 6.33. The van der Waals surface area contributed by atoms with Crippen LogP contribution in [0.15, 0.2) is 110 Å². The minimum absolute atomic E-state index is 0.148. The Labute approximate surface area is 312 Å². The van der Waals surface area contributed by atoms with Gasteiger partial charge in [-0.3, -0.25) is 9.78 Å². The molecule has 0 radical (unpaired) electrons. The maximum absolute atomic E-state index is 14.0. The molecule has 0 spiro atoms. The maximum Gasteiger partial charge on any atom is 0.326 e. The number of nitrogens with two attached hydrogens (primary N) is 1. The van der Waals surface area contributed by atoms with Crippen molar-refractivity contribution >= 4 is 23.6 Å². The van der Waals surface area contributed by atoms with Crippen molar-refractivity contribution in [3.63, 3.8) is 0 Å². The molecule has 4 N–H and O–H groups in total. The van der Waals surface area contributed by atoms with E-state index in [1.807, 2.05) is 124 Å². The highest BCUT2D eigenvalue weighted by molar-refractivity contribution is 5.91. The third-order valence-corrected chi connectivity index (χ3v) is 9.28. The molecule has 53 heavy (non-hydrogen) atoms. The summed E-state index contributed by atoms with van der Waals surface area (Å²) in [5, 5.41) is 13.4. The van der Waals surface area contributed by atoms with Gasteiger partial charge in [0.2, 0.25) is 5.91 Å². The number of nitrogens with one attached hydrogen (secondary N) is 1. The lowest BCUT2D eigenvalue weighted by atomic mass is 9.88. The summed E-state index contributed by atoms with van der Waals surface area (Å²) in [6, 6.07) is 26.4. The number of aryl methyl sites for hydroxylation is 1. The van der Waals surface area contributed by atoms with Gasteiger partial charge < -0.3 is 30.4 Å². The number of aliphatic carboxylic acids is 1. The number of imidazole rings is 1. The first-order valence-electron chi connectivity index (χ1n) is 18.0. The Kier molecular flexibility index (Phi) is 13.2. The summed E-state index contributed by atoms with van der Waals surface area (Å²) in [4.78, 5) is 36.6. The fraction of sp³-hybridized carbons (Fsp3) is 0.302. The summed E-state index contributed by atoms with van der Waals surface area (Å²) >= 11 is 0. The number of nitrogens with zero attached hydrogens (tertiary/aromatic N) is 4. The number of aromatic nitrogens is 3. The molecule has 1 aliphatic rings. The average Bonchev–Trinajstić information content (AvgIpc) is 3.55. The minimum atomic E-state index is -1.02. The summed E-state index contributed by atoms with van der Waals surface area (Å²) in [7, 11) is 1.97. The van der Waals surface area contributed by atoms with Crippen molar-refractivity contribution in [3.8, 4) is 5.75 Å². The fourth-order valence-electron chi connectivity index (χ4n) is 6.33. The monoisotopic (exact) mass is 714 g/mol. The van der Waals surface area contributed by atoms with Crippen molar-refractivity contribution in [3.05, 3.63) is 149 Å². The summed E-state index contributed by atoms with van der Waals surface area (Å²) in [5.74, 6) is -1.04. The lowest BCUT2D eigenvalue weighted by Gasteiger charge is -2.35. The highest BCUT2D eigenvalue weighted by atomic mass is 16.5. The van der Waals surface area contributed by atoms with Crippen molar-refractivity contribution in [2.45, 2.75) is 77.7 Å². The third-order valence-electron chi connectivity index (χ3n) is 9.28. The Hall–Kier alpha value is -5.74. The summed E-state index contributed by atoms with van der Waals surface area (Å²) in [6.07, 6.45) is 10.9. The highest BCUT2D eigenvalue weighted by Crippen LogP contribution is 2.32. The van der Waals surface area contributed by atoms with Gasteiger partial charge in [0.05, 0.1) is 36.8 Å². The van der Waals surface area contributed by atoms with Crippen LogP contribution in [0.3, 0.4) is 0 Å². The van der Waals surface area contributed by atoms with Gasteiger partial charge in [-0.05, 0) is 81.1 Å². The molecule has 5 aromatic rings. The number of ether oxygens (including phenoxy) is 1. The predicted molar refractivity (Wildman–Crippen MR) is 209 cm³/mol. The van der Waals surface area contributed by atoms with E-state index in [1.54, 1.807) is 12.5 Å². The molecule has 0 saturated heterocycles. The van der Waals surface area contributed by atoms with Crippen molar-refractivity contribution in [2.75, 3.05) is 12.8 Å². The van der Waals surface area contributed by atoms with E-state index in [2.05, 4.69) is 34.4 Å². The quantitative estimate of drug-likeness (QED) is 0.119. The van der Waals surface area contributed by atoms with Gasteiger partial charge in [0.25, 0.3) is 0 Å². The number of carboxylic acid groups (broad SMARTS) is 1. The van der Waals surface area contributed by atoms with Crippen LogP contribution in [-0.2, 0) is 29.1 Å². The van der Waals surface area contributed by atoms with Crippen LogP contribution in [-0.4, -0.2) is 61.7 Å². The lowest BCUT2D eigenvalue weighted by Crippen LogP contribution is -2.50. The van der Waals surface area contributed by atoms with Crippen LogP contribution >= 0.6 is 0 Å². The Balaban J connectivity index is 0.000000268. The van der Waals surface area contributed by atoms with Crippen LogP contribution in [0.5, 0.6) is 5.75 Å².